The van der Waals surface area contributed by atoms with Crippen LogP contribution in [0.1, 0.15) is 18.4 Å². The molecule has 1 aliphatic rings. The molecular weight excluding hydrogens is 439 g/mol. The van der Waals surface area contributed by atoms with E-state index in [0.717, 1.165) is 12.1 Å². The van der Waals surface area contributed by atoms with E-state index in [0.29, 0.717) is 29.9 Å². The average Bonchev–Trinajstić information content (AvgIpc) is 2.82. The largest absolute Gasteiger partial charge is 0.496 e. The molecule has 2 aromatic carbocycles. The number of hydrogen-bond donors (Lipinski definition) is 1. The lowest BCUT2D eigenvalue weighted by atomic mass is 9.98. The smallest absolute Gasteiger partial charge is 0.246 e. The molecule has 32 heavy (non-hydrogen) atoms. The molecule has 0 radical (unpaired) electrons. The van der Waals surface area contributed by atoms with E-state index < -0.39 is 21.8 Å². The van der Waals surface area contributed by atoms with Crippen LogP contribution in [-0.2, 0) is 21.4 Å². The fourth-order valence-corrected chi connectivity index (χ4v) is 5.48. The summed E-state index contributed by atoms with van der Waals surface area (Å²) in [4.78, 5) is 12.6. The molecule has 0 saturated carbocycles. The molecule has 1 N–H and O–H groups in total. The molecule has 1 heterocycles. The van der Waals surface area contributed by atoms with Crippen LogP contribution in [-0.4, -0.2) is 53.0 Å². The van der Waals surface area contributed by atoms with Gasteiger partial charge in [0.05, 0.1) is 39.4 Å². The molecule has 0 aliphatic carbocycles. The van der Waals surface area contributed by atoms with Crippen molar-refractivity contribution in [2.75, 3.05) is 34.4 Å². The molecule has 0 spiro atoms. The number of halogens is 1. The molecule has 0 aromatic heterocycles. The Labute approximate surface area is 187 Å². The minimum Gasteiger partial charge on any atom is -0.496 e. The average molecular weight is 467 g/mol. The van der Waals surface area contributed by atoms with Gasteiger partial charge in [0.2, 0.25) is 15.9 Å². The van der Waals surface area contributed by atoms with Crippen LogP contribution in [0.3, 0.4) is 0 Å². The fraction of sp³-hybridized carbons (Fsp3) is 0.409. The van der Waals surface area contributed by atoms with Gasteiger partial charge < -0.3 is 19.5 Å². The number of sulfonamides is 1. The summed E-state index contributed by atoms with van der Waals surface area (Å²) in [6.07, 6.45) is 1.05. The van der Waals surface area contributed by atoms with Crippen LogP contribution in [0.15, 0.2) is 41.3 Å². The number of carbonyl (C=O) groups is 1. The van der Waals surface area contributed by atoms with E-state index >= 15 is 0 Å². The summed E-state index contributed by atoms with van der Waals surface area (Å²) in [5.74, 6) is -0.281. The highest BCUT2D eigenvalue weighted by molar-refractivity contribution is 7.89. The van der Waals surface area contributed by atoms with E-state index in [1.807, 2.05) is 0 Å². The Kier molecular flexibility index (Phi) is 7.57. The number of ether oxygens (including phenoxy) is 3. The van der Waals surface area contributed by atoms with Crippen molar-refractivity contribution in [3.63, 3.8) is 0 Å². The number of piperidine rings is 1. The Balaban J connectivity index is 1.74. The second-order valence-corrected chi connectivity index (χ2v) is 9.26. The number of hydrogen-bond acceptors (Lipinski definition) is 6. The Morgan fingerprint density at radius 3 is 2.38 bits per heavy atom. The van der Waals surface area contributed by atoms with E-state index in [4.69, 9.17) is 14.2 Å². The van der Waals surface area contributed by atoms with Crippen LogP contribution in [0, 0.1) is 11.7 Å². The van der Waals surface area contributed by atoms with Gasteiger partial charge in [-0.3, -0.25) is 4.79 Å². The number of amides is 1. The van der Waals surface area contributed by atoms with Crippen molar-refractivity contribution in [2.24, 2.45) is 5.92 Å². The van der Waals surface area contributed by atoms with Crippen molar-refractivity contribution in [1.29, 1.82) is 0 Å². The van der Waals surface area contributed by atoms with Crippen LogP contribution in [0.2, 0.25) is 0 Å². The second kappa shape index (κ2) is 10.2. The predicted molar refractivity (Wildman–Crippen MR) is 116 cm³/mol. The summed E-state index contributed by atoms with van der Waals surface area (Å²) in [5.41, 5.74) is 0.690. The summed E-state index contributed by atoms with van der Waals surface area (Å²) in [6.45, 7) is 0.413. The summed E-state index contributed by atoms with van der Waals surface area (Å²) in [6, 6.07) is 8.67. The third-order valence-corrected chi connectivity index (χ3v) is 7.35. The van der Waals surface area contributed by atoms with E-state index in [1.165, 1.54) is 31.7 Å². The zero-order valence-electron chi connectivity index (χ0n) is 18.3. The van der Waals surface area contributed by atoms with Crippen molar-refractivity contribution in [3.8, 4) is 17.2 Å². The molecule has 1 atom stereocenters. The highest BCUT2D eigenvalue weighted by Crippen LogP contribution is 2.31. The van der Waals surface area contributed by atoms with Crippen molar-refractivity contribution in [3.05, 3.63) is 47.8 Å². The Morgan fingerprint density at radius 1 is 1.09 bits per heavy atom. The number of nitrogens with zero attached hydrogens (tertiary/aromatic N) is 1. The quantitative estimate of drug-likeness (QED) is 0.643. The van der Waals surface area contributed by atoms with Gasteiger partial charge >= 0.3 is 0 Å². The minimum atomic E-state index is -4.03. The molecule has 1 fully saturated rings. The molecule has 174 valence electrons. The van der Waals surface area contributed by atoms with Crippen LogP contribution < -0.4 is 19.5 Å². The van der Waals surface area contributed by atoms with Crippen molar-refractivity contribution >= 4 is 15.9 Å². The minimum absolute atomic E-state index is 0.00308. The summed E-state index contributed by atoms with van der Waals surface area (Å²) < 4.78 is 57.1. The zero-order valence-corrected chi connectivity index (χ0v) is 19.1. The van der Waals surface area contributed by atoms with Gasteiger partial charge in [-0.15, -0.1) is 0 Å². The topological polar surface area (TPSA) is 94.2 Å². The Morgan fingerprint density at radius 2 is 1.75 bits per heavy atom. The number of methoxy groups -OCH3 is 3. The van der Waals surface area contributed by atoms with Gasteiger partial charge in [-0.25, -0.2) is 12.8 Å². The van der Waals surface area contributed by atoms with E-state index in [1.54, 1.807) is 18.2 Å². The fourth-order valence-electron chi connectivity index (χ4n) is 3.79. The van der Waals surface area contributed by atoms with E-state index in [-0.39, 0.29) is 36.2 Å². The van der Waals surface area contributed by atoms with Crippen LogP contribution in [0.5, 0.6) is 17.2 Å². The molecule has 0 unspecified atom stereocenters. The van der Waals surface area contributed by atoms with Gasteiger partial charge in [-0.2, -0.15) is 4.31 Å². The lowest BCUT2D eigenvalue weighted by molar-refractivity contribution is -0.126. The third-order valence-electron chi connectivity index (χ3n) is 5.47. The Bertz CT molecular complexity index is 1050. The Hall–Kier alpha value is -2.85. The maximum absolute atomic E-state index is 13.7. The summed E-state index contributed by atoms with van der Waals surface area (Å²) in [5, 5.41) is 2.86. The molecular formula is C22H27FN2O6S. The third kappa shape index (κ3) is 4.97. The monoisotopic (exact) mass is 466 g/mol. The van der Waals surface area contributed by atoms with Gasteiger partial charge in [-0.05, 0) is 43.2 Å². The van der Waals surface area contributed by atoms with Gasteiger partial charge in [0.25, 0.3) is 0 Å². The van der Waals surface area contributed by atoms with Crippen LogP contribution >= 0.6 is 0 Å². The maximum Gasteiger partial charge on any atom is 0.246 e. The SMILES string of the molecule is COc1ccc(F)cc1S(=O)(=O)N1CCC[C@@H](C(=O)NCc2c(OC)cccc2OC)C1. The van der Waals surface area contributed by atoms with Crippen LogP contribution in [0.25, 0.3) is 0 Å². The number of carbonyl (C=O) groups excluding carboxylic acids is 1. The predicted octanol–water partition coefficient (Wildman–Crippen LogP) is 2.57. The van der Waals surface area contributed by atoms with Crippen molar-refractivity contribution < 1.29 is 31.8 Å². The first-order valence-corrected chi connectivity index (χ1v) is 11.6. The zero-order chi connectivity index (χ0) is 23.3. The first-order valence-electron chi connectivity index (χ1n) is 10.1. The molecule has 2 aromatic rings. The summed E-state index contributed by atoms with van der Waals surface area (Å²) in [7, 11) is 0.355. The maximum atomic E-state index is 13.7. The molecule has 1 saturated heterocycles. The highest BCUT2D eigenvalue weighted by atomic mass is 32.2. The van der Waals surface area contributed by atoms with Gasteiger partial charge in [0, 0.05) is 13.1 Å². The van der Waals surface area contributed by atoms with E-state index in [2.05, 4.69) is 5.32 Å². The first kappa shape index (κ1) is 23.8. The van der Waals surface area contributed by atoms with Crippen LogP contribution in [0.4, 0.5) is 4.39 Å². The van der Waals surface area contributed by atoms with Gasteiger partial charge in [0.15, 0.2) is 0 Å². The molecule has 1 amide bonds. The molecule has 0 bridgehead atoms. The molecule has 1 aliphatic heterocycles. The molecule has 8 nitrogen and oxygen atoms in total. The normalized spacial score (nSPS) is 16.9. The first-order chi connectivity index (χ1) is 15.3. The second-order valence-electron chi connectivity index (χ2n) is 7.36. The van der Waals surface area contributed by atoms with Gasteiger partial charge in [0.1, 0.15) is 28.0 Å². The molecule has 10 heteroatoms. The number of benzene rings is 2. The standard InChI is InChI=1S/C22H27FN2O6S/c1-29-18-7-4-8-19(30-2)17(18)13-24-22(26)15-6-5-11-25(14-15)32(27,28)21-12-16(23)9-10-20(21)31-3/h4,7-10,12,15H,5-6,11,13-14H2,1-3H3,(H,24,26)/t15-/m1/s1. The number of rotatable bonds is 8. The lowest BCUT2D eigenvalue weighted by Gasteiger charge is -2.31. The van der Waals surface area contributed by atoms with Crippen molar-refractivity contribution in [1.82, 2.24) is 9.62 Å². The van der Waals surface area contributed by atoms with Gasteiger partial charge in [-0.1, -0.05) is 6.07 Å². The summed E-state index contributed by atoms with van der Waals surface area (Å²) >= 11 is 0. The highest BCUT2D eigenvalue weighted by Gasteiger charge is 2.35. The lowest BCUT2D eigenvalue weighted by Crippen LogP contribution is -2.45. The molecule has 3 rings (SSSR count). The number of nitrogens with one attached hydrogen (secondary N) is 1. The van der Waals surface area contributed by atoms with Crippen molar-refractivity contribution in [2.45, 2.75) is 24.3 Å². The van der Waals surface area contributed by atoms with E-state index in [9.17, 15) is 17.6 Å².